The number of nitrogens with zero attached hydrogens (tertiary/aromatic N) is 2. The van der Waals surface area contributed by atoms with Crippen molar-refractivity contribution in [1.29, 1.82) is 0 Å². The van der Waals surface area contributed by atoms with Gasteiger partial charge in [-0.1, -0.05) is 26.0 Å². The number of carbonyl (C=O) groups is 1. The van der Waals surface area contributed by atoms with E-state index in [1.54, 1.807) is 12.1 Å². The molecule has 1 atom stereocenters. The largest absolute Gasteiger partial charge is 0.350 e. The molecule has 23 heavy (non-hydrogen) atoms. The first-order valence-electron chi connectivity index (χ1n) is 8.21. The van der Waals surface area contributed by atoms with E-state index in [-0.39, 0.29) is 17.6 Å². The van der Waals surface area contributed by atoms with Crippen molar-refractivity contribution in [1.82, 2.24) is 10.2 Å². The van der Waals surface area contributed by atoms with Gasteiger partial charge in [-0.05, 0) is 44.5 Å². The number of nitro groups is 1. The molecule has 0 aliphatic rings. The number of non-ortho nitro benzene ring substituents is 1. The van der Waals surface area contributed by atoms with Crippen molar-refractivity contribution in [3.05, 3.63) is 39.9 Å². The first kappa shape index (κ1) is 19.1. The molecule has 1 rings (SSSR count). The number of nitrogens with one attached hydrogen (secondary N) is 1. The van der Waals surface area contributed by atoms with Gasteiger partial charge < -0.3 is 10.2 Å². The average molecular weight is 321 g/mol. The van der Waals surface area contributed by atoms with Crippen LogP contribution in [0.15, 0.2) is 24.3 Å². The van der Waals surface area contributed by atoms with E-state index in [9.17, 15) is 14.9 Å². The zero-order valence-electron chi connectivity index (χ0n) is 14.2. The maximum atomic E-state index is 11.4. The van der Waals surface area contributed by atoms with Gasteiger partial charge >= 0.3 is 0 Å². The molecule has 0 saturated heterocycles. The van der Waals surface area contributed by atoms with E-state index in [4.69, 9.17) is 0 Å². The third-order valence-electron chi connectivity index (χ3n) is 4.00. The lowest BCUT2D eigenvalue weighted by molar-refractivity contribution is -0.384. The van der Waals surface area contributed by atoms with Crippen molar-refractivity contribution in [2.75, 3.05) is 19.6 Å². The van der Waals surface area contributed by atoms with Crippen molar-refractivity contribution < 1.29 is 9.72 Å². The van der Waals surface area contributed by atoms with Gasteiger partial charge in [0, 0.05) is 19.1 Å². The first-order chi connectivity index (χ1) is 11.0. The minimum absolute atomic E-state index is 0.0665. The molecule has 6 nitrogen and oxygen atoms in total. The molecule has 128 valence electrons. The monoisotopic (exact) mass is 321 g/mol. The SMILES string of the molecule is CCN(CC)CCCCC(NC(C)=O)c1ccc([N+](=O)[O-])cc1. The maximum Gasteiger partial charge on any atom is 0.269 e. The van der Waals surface area contributed by atoms with Gasteiger partial charge in [0.15, 0.2) is 0 Å². The lowest BCUT2D eigenvalue weighted by Crippen LogP contribution is -2.27. The van der Waals surface area contributed by atoms with Crippen LogP contribution >= 0.6 is 0 Å². The summed E-state index contributed by atoms with van der Waals surface area (Å²) in [5, 5.41) is 13.7. The molecule has 6 heteroatoms. The van der Waals surface area contributed by atoms with Crippen LogP contribution in [0.2, 0.25) is 0 Å². The molecule has 0 heterocycles. The van der Waals surface area contributed by atoms with Crippen LogP contribution in [0.1, 0.15) is 51.6 Å². The highest BCUT2D eigenvalue weighted by Crippen LogP contribution is 2.22. The summed E-state index contributed by atoms with van der Waals surface area (Å²) in [7, 11) is 0. The van der Waals surface area contributed by atoms with Gasteiger partial charge in [0.2, 0.25) is 5.91 Å². The number of benzene rings is 1. The Morgan fingerprint density at radius 2 is 1.83 bits per heavy atom. The van der Waals surface area contributed by atoms with E-state index < -0.39 is 4.92 Å². The van der Waals surface area contributed by atoms with E-state index >= 15 is 0 Å². The Hall–Kier alpha value is -1.95. The molecular weight excluding hydrogens is 294 g/mol. The quantitative estimate of drug-likeness (QED) is 0.407. The Morgan fingerprint density at radius 1 is 1.22 bits per heavy atom. The van der Waals surface area contributed by atoms with Crippen LogP contribution in [-0.2, 0) is 4.79 Å². The summed E-state index contributed by atoms with van der Waals surface area (Å²) >= 11 is 0. The number of nitro benzene ring substituents is 1. The van der Waals surface area contributed by atoms with Crippen LogP contribution in [0.5, 0.6) is 0 Å². The number of amides is 1. The molecule has 0 aliphatic heterocycles. The van der Waals surface area contributed by atoms with Gasteiger partial charge in [-0.2, -0.15) is 0 Å². The Kier molecular flexibility index (Phi) is 8.26. The summed E-state index contributed by atoms with van der Waals surface area (Å²) in [6, 6.07) is 6.33. The van der Waals surface area contributed by atoms with E-state index in [0.29, 0.717) is 0 Å². The Labute approximate surface area is 138 Å². The maximum absolute atomic E-state index is 11.4. The topological polar surface area (TPSA) is 75.5 Å². The lowest BCUT2D eigenvalue weighted by Gasteiger charge is -2.20. The molecule has 0 fully saturated rings. The smallest absolute Gasteiger partial charge is 0.269 e. The van der Waals surface area contributed by atoms with E-state index in [0.717, 1.165) is 44.5 Å². The van der Waals surface area contributed by atoms with Crippen LogP contribution in [0.25, 0.3) is 0 Å². The second kappa shape index (κ2) is 9.94. The Bertz CT molecular complexity index is 498. The number of rotatable bonds is 10. The number of unbranched alkanes of at least 4 members (excludes halogenated alkanes) is 1. The van der Waals surface area contributed by atoms with Crippen LogP contribution < -0.4 is 5.32 Å². The van der Waals surface area contributed by atoms with Crippen LogP contribution in [0, 0.1) is 10.1 Å². The predicted molar refractivity (Wildman–Crippen MR) is 91.3 cm³/mol. The molecule has 1 amide bonds. The summed E-state index contributed by atoms with van der Waals surface area (Å²) in [5.74, 6) is -0.0860. The minimum Gasteiger partial charge on any atom is -0.350 e. The van der Waals surface area contributed by atoms with Crippen LogP contribution in [0.3, 0.4) is 0 Å². The fourth-order valence-corrected chi connectivity index (χ4v) is 2.62. The average Bonchev–Trinajstić information content (AvgIpc) is 2.53. The van der Waals surface area contributed by atoms with Crippen molar-refractivity contribution in [3.63, 3.8) is 0 Å². The second-order valence-electron chi connectivity index (χ2n) is 5.62. The zero-order valence-corrected chi connectivity index (χ0v) is 14.2. The lowest BCUT2D eigenvalue weighted by atomic mass is 10.0. The molecule has 1 aromatic carbocycles. The number of hydrogen-bond donors (Lipinski definition) is 1. The van der Waals surface area contributed by atoms with Crippen molar-refractivity contribution in [3.8, 4) is 0 Å². The number of carbonyl (C=O) groups excluding carboxylic acids is 1. The molecule has 0 bridgehead atoms. The molecular formula is C17H27N3O3. The molecule has 0 aliphatic carbocycles. The molecule has 1 N–H and O–H groups in total. The van der Waals surface area contributed by atoms with Gasteiger partial charge in [0.1, 0.15) is 0 Å². The highest BCUT2D eigenvalue weighted by molar-refractivity contribution is 5.73. The predicted octanol–water partition coefficient (Wildman–Crippen LogP) is 3.28. The summed E-state index contributed by atoms with van der Waals surface area (Å²) in [5.41, 5.74) is 0.977. The molecule has 1 unspecified atom stereocenters. The molecule has 0 saturated carbocycles. The molecule has 0 radical (unpaired) electrons. The van der Waals surface area contributed by atoms with E-state index in [1.807, 2.05) is 0 Å². The first-order valence-corrected chi connectivity index (χ1v) is 8.21. The van der Waals surface area contributed by atoms with Gasteiger partial charge in [-0.3, -0.25) is 14.9 Å². The van der Waals surface area contributed by atoms with Crippen LogP contribution in [-0.4, -0.2) is 35.4 Å². The summed E-state index contributed by atoms with van der Waals surface area (Å²) in [4.78, 5) is 24.1. The Morgan fingerprint density at radius 3 is 2.30 bits per heavy atom. The van der Waals surface area contributed by atoms with Gasteiger partial charge in [0.05, 0.1) is 11.0 Å². The standard InChI is InChI=1S/C17H27N3O3/c1-4-19(5-2)13-7-6-8-17(18-14(3)21)15-9-11-16(12-10-15)20(22)23/h9-12,17H,4-8,13H2,1-3H3,(H,18,21). The fraction of sp³-hybridized carbons (Fsp3) is 0.588. The third-order valence-corrected chi connectivity index (χ3v) is 4.00. The van der Waals surface area contributed by atoms with E-state index in [1.165, 1.54) is 19.1 Å². The minimum atomic E-state index is -0.415. The van der Waals surface area contributed by atoms with Crippen molar-refractivity contribution in [2.24, 2.45) is 0 Å². The fourth-order valence-electron chi connectivity index (χ4n) is 2.62. The third kappa shape index (κ3) is 6.78. The van der Waals surface area contributed by atoms with Crippen LogP contribution in [0.4, 0.5) is 5.69 Å². The van der Waals surface area contributed by atoms with Gasteiger partial charge in [-0.15, -0.1) is 0 Å². The van der Waals surface area contributed by atoms with Crippen molar-refractivity contribution in [2.45, 2.75) is 46.1 Å². The highest BCUT2D eigenvalue weighted by atomic mass is 16.6. The Balaban J connectivity index is 2.61. The van der Waals surface area contributed by atoms with Gasteiger partial charge in [-0.25, -0.2) is 0 Å². The number of hydrogen-bond acceptors (Lipinski definition) is 4. The summed E-state index contributed by atoms with van der Waals surface area (Å²) in [6.07, 6.45) is 2.90. The highest BCUT2D eigenvalue weighted by Gasteiger charge is 2.14. The van der Waals surface area contributed by atoms with Crippen molar-refractivity contribution >= 4 is 11.6 Å². The summed E-state index contributed by atoms with van der Waals surface area (Å²) < 4.78 is 0. The normalized spacial score (nSPS) is 12.2. The molecule has 0 spiro atoms. The van der Waals surface area contributed by atoms with E-state index in [2.05, 4.69) is 24.1 Å². The molecule has 0 aromatic heterocycles. The molecule has 1 aromatic rings. The second-order valence-corrected chi connectivity index (χ2v) is 5.62. The van der Waals surface area contributed by atoms with Gasteiger partial charge in [0.25, 0.3) is 5.69 Å². The summed E-state index contributed by atoms with van der Waals surface area (Å²) in [6.45, 7) is 8.96. The zero-order chi connectivity index (χ0) is 17.2.